The van der Waals surface area contributed by atoms with Crippen LogP contribution in [0, 0.1) is 5.92 Å². The van der Waals surface area contributed by atoms with Crippen LogP contribution in [0.1, 0.15) is 12.8 Å². The van der Waals surface area contributed by atoms with Crippen LogP contribution in [-0.2, 0) is 17.6 Å². The van der Waals surface area contributed by atoms with Crippen molar-refractivity contribution < 1.29 is 8.76 Å². The van der Waals surface area contributed by atoms with E-state index in [0.29, 0.717) is 0 Å². The molecule has 0 amide bonds. The van der Waals surface area contributed by atoms with Gasteiger partial charge >= 0.3 is 0 Å². The Bertz CT molecular complexity index is 306. The molecule has 1 aromatic heterocycles. The first-order valence-corrected chi connectivity index (χ1v) is 4.95. The van der Waals surface area contributed by atoms with Gasteiger partial charge < -0.3 is 4.55 Å². The third-order valence-corrected chi connectivity index (χ3v) is 2.54. The zero-order chi connectivity index (χ0) is 8.55. The average molecular weight is 185 g/mol. The molecule has 1 aliphatic rings. The van der Waals surface area contributed by atoms with Crippen molar-refractivity contribution >= 4 is 11.1 Å². The second-order valence-electron chi connectivity index (χ2n) is 3.08. The second kappa shape index (κ2) is 2.99. The van der Waals surface area contributed by atoms with E-state index < -0.39 is 11.1 Å². The number of rotatable bonds is 3. The molecule has 0 saturated heterocycles. The van der Waals surface area contributed by atoms with E-state index in [-0.39, 0.29) is 4.90 Å². The first-order chi connectivity index (χ1) is 5.75. The highest BCUT2D eigenvalue weighted by Gasteiger charge is 2.21. The van der Waals surface area contributed by atoms with E-state index in [9.17, 15) is 8.76 Å². The Morgan fingerprint density at radius 2 is 2.50 bits per heavy atom. The van der Waals surface area contributed by atoms with Crippen molar-refractivity contribution in [1.82, 2.24) is 9.78 Å². The van der Waals surface area contributed by atoms with Crippen LogP contribution < -0.4 is 0 Å². The van der Waals surface area contributed by atoms with Gasteiger partial charge in [-0.25, -0.2) is 0 Å². The van der Waals surface area contributed by atoms with Gasteiger partial charge in [-0.1, -0.05) is 0 Å². The fourth-order valence-electron chi connectivity index (χ4n) is 1.10. The van der Waals surface area contributed by atoms with Crippen LogP contribution in [0.4, 0.5) is 0 Å². The largest absolute Gasteiger partial charge is 0.768 e. The summed E-state index contributed by atoms with van der Waals surface area (Å²) in [6, 6.07) is 0. The third-order valence-electron chi connectivity index (χ3n) is 1.94. The van der Waals surface area contributed by atoms with Gasteiger partial charge in [0, 0.05) is 12.7 Å². The first kappa shape index (κ1) is 7.94. The van der Waals surface area contributed by atoms with E-state index >= 15 is 0 Å². The Labute approximate surface area is 72.9 Å². The van der Waals surface area contributed by atoms with Gasteiger partial charge in [-0.05, 0) is 29.8 Å². The van der Waals surface area contributed by atoms with Crippen LogP contribution in [0.2, 0.25) is 0 Å². The molecule has 0 N–H and O–H groups in total. The number of hydrogen-bond donors (Lipinski definition) is 0. The van der Waals surface area contributed by atoms with E-state index in [1.165, 1.54) is 19.0 Å². The van der Waals surface area contributed by atoms with Gasteiger partial charge in [0.15, 0.2) is 0 Å². The zero-order valence-electron chi connectivity index (χ0n) is 6.47. The summed E-state index contributed by atoms with van der Waals surface area (Å²) >= 11 is -2.14. The molecule has 1 aliphatic carbocycles. The maximum absolute atomic E-state index is 10.5. The van der Waals surface area contributed by atoms with Crippen molar-refractivity contribution in [2.75, 3.05) is 0 Å². The van der Waals surface area contributed by atoms with Gasteiger partial charge in [0.2, 0.25) is 0 Å². The molecule has 1 atom stereocenters. The monoisotopic (exact) mass is 185 g/mol. The first-order valence-electron chi connectivity index (χ1n) is 3.87. The van der Waals surface area contributed by atoms with Gasteiger partial charge in [-0.3, -0.25) is 8.89 Å². The summed E-state index contributed by atoms with van der Waals surface area (Å²) in [6.45, 7) is 0.858. The van der Waals surface area contributed by atoms with Crippen molar-refractivity contribution in [1.29, 1.82) is 0 Å². The Morgan fingerprint density at radius 3 is 3.00 bits per heavy atom. The molecule has 0 radical (unpaired) electrons. The summed E-state index contributed by atoms with van der Waals surface area (Å²) in [5, 5.41) is 3.94. The van der Waals surface area contributed by atoms with Crippen molar-refractivity contribution in [2.24, 2.45) is 5.92 Å². The zero-order valence-corrected chi connectivity index (χ0v) is 7.29. The highest BCUT2D eigenvalue weighted by molar-refractivity contribution is 7.79. The van der Waals surface area contributed by atoms with Crippen molar-refractivity contribution in [2.45, 2.75) is 24.3 Å². The van der Waals surface area contributed by atoms with Gasteiger partial charge in [0.1, 0.15) is 0 Å². The Morgan fingerprint density at radius 1 is 1.75 bits per heavy atom. The lowest BCUT2D eigenvalue weighted by Gasteiger charge is -1.99. The molecule has 0 aliphatic heterocycles. The molecule has 1 unspecified atom stereocenters. The molecule has 66 valence electrons. The van der Waals surface area contributed by atoms with Crippen molar-refractivity contribution in [3.05, 3.63) is 12.4 Å². The predicted octanol–water partition coefficient (Wildman–Crippen LogP) is 0.531. The molecular weight excluding hydrogens is 176 g/mol. The van der Waals surface area contributed by atoms with Crippen LogP contribution in [0.25, 0.3) is 0 Å². The summed E-state index contributed by atoms with van der Waals surface area (Å²) in [4.78, 5) is 0.274. The highest BCUT2D eigenvalue weighted by atomic mass is 32.2. The summed E-state index contributed by atoms with van der Waals surface area (Å²) < 4.78 is 22.6. The fraction of sp³-hybridized carbons (Fsp3) is 0.571. The highest BCUT2D eigenvalue weighted by Crippen LogP contribution is 2.30. The second-order valence-corrected chi connectivity index (χ2v) is 4.02. The topological polar surface area (TPSA) is 57.9 Å². The lowest BCUT2D eigenvalue weighted by Crippen LogP contribution is -1.99. The normalized spacial score (nSPS) is 19.4. The molecule has 4 nitrogen and oxygen atoms in total. The SMILES string of the molecule is O=S([O-])c1cnn(CC2CC2)c1. The van der Waals surface area contributed by atoms with Gasteiger partial charge in [0.25, 0.3) is 0 Å². The Balaban J connectivity index is 2.06. The maximum Gasteiger partial charge on any atom is 0.0640 e. The molecule has 2 rings (SSSR count). The molecule has 0 spiro atoms. The number of nitrogens with zero attached hydrogens (tertiary/aromatic N) is 2. The lowest BCUT2D eigenvalue weighted by atomic mass is 10.4. The smallest absolute Gasteiger partial charge is 0.0640 e. The van der Waals surface area contributed by atoms with Crippen LogP contribution >= 0.6 is 0 Å². The molecule has 1 saturated carbocycles. The van der Waals surface area contributed by atoms with E-state index in [1.54, 1.807) is 10.9 Å². The number of aromatic nitrogens is 2. The molecule has 1 heterocycles. The Hall–Kier alpha value is -0.680. The summed E-state index contributed by atoms with van der Waals surface area (Å²) in [5.74, 6) is 0.720. The maximum atomic E-state index is 10.5. The van der Waals surface area contributed by atoms with Crippen molar-refractivity contribution in [3.63, 3.8) is 0 Å². The summed E-state index contributed by atoms with van der Waals surface area (Å²) in [7, 11) is 0. The van der Waals surface area contributed by atoms with Crippen LogP contribution in [0.5, 0.6) is 0 Å². The minimum absolute atomic E-state index is 0.274. The molecule has 5 heteroatoms. The Kier molecular flexibility index (Phi) is 1.98. The van der Waals surface area contributed by atoms with E-state index in [4.69, 9.17) is 0 Å². The standard InChI is InChI=1S/C7H10N2O2S/c10-12(11)7-3-8-9(5-7)4-6-1-2-6/h3,5-6H,1-2,4H2,(H,10,11)/p-1. The fourth-order valence-corrected chi connectivity index (χ4v) is 1.44. The minimum Gasteiger partial charge on any atom is -0.768 e. The van der Waals surface area contributed by atoms with Gasteiger partial charge in [-0.15, -0.1) is 0 Å². The van der Waals surface area contributed by atoms with Crippen LogP contribution in [-0.4, -0.2) is 18.5 Å². The number of hydrogen-bond acceptors (Lipinski definition) is 3. The summed E-state index contributed by atoms with van der Waals surface area (Å²) in [5.41, 5.74) is 0. The van der Waals surface area contributed by atoms with E-state index in [0.717, 1.165) is 12.5 Å². The molecule has 0 aromatic carbocycles. The molecule has 12 heavy (non-hydrogen) atoms. The lowest BCUT2D eigenvalue weighted by molar-refractivity contribution is 0.535. The average Bonchev–Trinajstić information content (AvgIpc) is 2.66. The predicted molar refractivity (Wildman–Crippen MR) is 42.1 cm³/mol. The van der Waals surface area contributed by atoms with Crippen molar-refractivity contribution in [3.8, 4) is 0 Å². The van der Waals surface area contributed by atoms with E-state index in [2.05, 4.69) is 5.10 Å². The quantitative estimate of drug-likeness (QED) is 0.645. The minimum atomic E-state index is -2.14. The molecular formula is C7H9N2O2S-. The van der Waals surface area contributed by atoms with Gasteiger partial charge in [0.05, 0.1) is 11.1 Å². The van der Waals surface area contributed by atoms with Crippen LogP contribution in [0.15, 0.2) is 17.3 Å². The third kappa shape index (κ3) is 1.73. The van der Waals surface area contributed by atoms with Gasteiger partial charge in [-0.2, -0.15) is 5.10 Å². The molecule has 1 fully saturated rings. The van der Waals surface area contributed by atoms with Crippen LogP contribution in [0.3, 0.4) is 0 Å². The molecule has 0 bridgehead atoms. The molecule has 1 aromatic rings. The summed E-state index contributed by atoms with van der Waals surface area (Å²) in [6.07, 6.45) is 5.44. The van der Waals surface area contributed by atoms with E-state index in [1.807, 2.05) is 0 Å².